The number of hydrogen-bond donors (Lipinski definition) is 0. The van der Waals surface area contributed by atoms with Gasteiger partial charge in [-0.05, 0) is 110 Å². The van der Waals surface area contributed by atoms with Gasteiger partial charge in [-0.1, -0.05) is 30.3 Å². The van der Waals surface area contributed by atoms with E-state index in [-0.39, 0.29) is 11.3 Å². The minimum Gasteiger partial charge on any atom is -0.497 e. The number of benzene rings is 4. The number of ether oxygens (including phenoxy) is 4. The van der Waals surface area contributed by atoms with Crippen molar-refractivity contribution in [1.29, 1.82) is 0 Å². The Bertz CT molecular complexity index is 1840. The van der Waals surface area contributed by atoms with Gasteiger partial charge in [0.2, 0.25) is 0 Å². The third kappa shape index (κ3) is 10.7. The minimum atomic E-state index is -0.651. The quantitative estimate of drug-likeness (QED) is 0.0427. The van der Waals surface area contributed by atoms with Gasteiger partial charge in [-0.3, -0.25) is 0 Å². The summed E-state index contributed by atoms with van der Waals surface area (Å²) in [6, 6.07) is 26.7. The molecule has 4 rings (SSSR count). The van der Waals surface area contributed by atoms with Gasteiger partial charge in [0.1, 0.15) is 17.1 Å². The van der Waals surface area contributed by atoms with E-state index in [0.717, 1.165) is 45.9 Å². The summed E-state index contributed by atoms with van der Waals surface area (Å²) in [5, 5.41) is 0. The summed E-state index contributed by atoms with van der Waals surface area (Å²) in [6.07, 6.45) is 2.90. The number of hydrogen-bond acceptors (Lipinski definition) is 8. The lowest BCUT2D eigenvalue weighted by Crippen LogP contribution is -2.12. The van der Waals surface area contributed by atoms with Crippen LogP contribution in [0.5, 0.6) is 11.5 Å². The van der Waals surface area contributed by atoms with Crippen molar-refractivity contribution in [2.24, 2.45) is 0 Å². The zero-order valence-electron chi connectivity index (χ0n) is 26.0. The van der Waals surface area contributed by atoms with Crippen molar-refractivity contribution in [3.05, 3.63) is 137 Å². The second-order valence-corrected chi connectivity index (χ2v) is 11.0. The summed E-state index contributed by atoms with van der Waals surface area (Å²) in [5.74, 6) is 12.3. The van der Waals surface area contributed by atoms with E-state index in [1.807, 2.05) is 48.5 Å². The Hall–Kier alpha value is -5.70. The van der Waals surface area contributed by atoms with Gasteiger partial charge in [0, 0.05) is 33.2 Å². The minimum absolute atomic E-state index is 0.0661. The fourth-order valence-corrected chi connectivity index (χ4v) is 4.95. The molecule has 0 saturated heterocycles. The van der Waals surface area contributed by atoms with Crippen molar-refractivity contribution in [1.82, 2.24) is 0 Å². The van der Waals surface area contributed by atoms with Gasteiger partial charge in [-0.15, -0.1) is 11.8 Å². The summed E-state index contributed by atoms with van der Waals surface area (Å²) in [4.78, 5) is 37.6. The molecule has 0 bridgehead atoms. The van der Waals surface area contributed by atoms with Crippen LogP contribution in [0.25, 0.3) is 0 Å². The molecule has 4 aromatic rings. The van der Waals surface area contributed by atoms with Crippen molar-refractivity contribution in [2.75, 3.05) is 26.6 Å². The van der Waals surface area contributed by atoms with Crippen LogP contribution < -0.4 is 9.47 Å². The first-order chi connectivity index (χ1) is 22.9. The van der Waals surface area contributed by atoms with Gasteiger partial charge in [-0.2, -0.15) is 0 Å². The monoisotopic (exact) mass is 644 g/mol. The van der Waals surface area contributed by atoms with Crippen LogP contribution in [0.15, 0.2) is 109 Å². The predicted octanol–water partition coefficient (Wildman–Crippen LogP) is 7.10. The number of methoxy groups -OCH3 is 2. The lowest BCUT2D eigenvalue weighted by atomic mass is 10.1. The first-order valence-corrected chi connectivity index (χ1v) is 15.6. The Kier molecular flexibility index (Phi) is 12.9. The van der Waals surface area contributed by atoms with Crippen molar-refractivity contribution >= 4 is 29.7 Å². The summed E-state index contributed by atoms with van der Waals surface area (Å²) < 4.78 is 20.6. The van der Waals surface area contributed by atoms with E-state index in [2.05, 4.69) is 30.3 Å². The van der Waals surface area contributed by atoms with Crippen LogP contribution in [0.3, 0.4) is 0 Å². The number of carbonyl (C=O) groups is 3. The molecule has 0 unspecified atom stereocenters. The van der Waals surface area contributed by atoms with Gasteiger partial charge >= 0.3 is 17.9 Å². The van der Waals surface area contributed by atoms with Crippen molar-refractivity contribution in [2.45, 2.75) is 17.7 Å². The molecule has 0 spiro atoms. The highest BCUT2D eigenvalue weighted by atomic mass is 32.2. The molecule has 0 aliphatic carbocycles. The van der Waals surface area contributed by atoms with Crippen molar-refractivity contribution in [3.63, 3.8) is 0 Å². The van der Waals surface area contributed by atoms with Crippen LogP contribution in [-0.2, 0) is 14.3 Å². The zero-order chi connectivity index (χ0) is 33.4. The molecule has 47 heavy (non-hydrogen) atoms. The SMILES string of the molecule is C=CC(=O)OCCCCSc1ccc(C#Cc2ccc(C(=O)Oc3ccc(C#Cc4ccc(OC)cc4)cc3C(=O)OC)cc2)cc1. The van der Waals surface area contributed by atoms with Gasteiger partial charge in [0.05, 0.1) is 26.4 Å². The second kappa shape index (κ2) is 17.7. The Labute approximate surface area is 278 Å². The highest BCUT2D eigenvalue weighted by molar-refractivity contribution is 7.99. The predicted molar refractivity (Wildman–Crippen MR) is 182 cm³/mol. The third-order valence-electron chi connectivity index (χ3n) is 6.57. The number of rotatable bonds is 11. The molecule has 0 N–H and O–H groups in total. The van der Waals surface area contributed by atoms with Gasteiger partial charge < -0.3 is 18.9 Å². The molecule has 0 aliphatic rings. The van der Waals surface area contributed by atoms with Crippen LogP contribution >= 0.6 is 11.8 Å². The average Bonchev–Trinajstić information content (AvgIpc) is 3.12. The normalized spacial score (nSPS) is 9.91. The fraction of sp³-hybridized carbons (Fsp3) is 0.154. The maximum atomic E-state index is 12.9. The number of esters is 3. The molecule has 236 valence electrons. The molecule has 0 saturated carbocycles. The molecule has 0 heterocycles. The van der Waals surface area contributed by atoms with Gasteiger partial charge in [0.15, 0.2) is 0 Å². The molecule has 7 nitrogen and oxygen atoms in total. The lowest BCUT2D eigenvalue weighted by molar-refractivity contribution is -0.137. The topological polar surface area (TPSA) is 88.1 Å². The average molecular weight is 645 g/mol. The zero-order valence-corrected chi connectivity index (χ0v) is 26.9. The molecule has 0 aliphatic heterocycles. The molecular weight excluding hydrogens is 612 g/mol. The van der Waals surface area contributed by atoms with E-state index < -0.39 is 17.9 Å². The smallest absolute Gasteiger partial charge is 0.343 e. The first-order valence-electron chi connectivity index (χ1n) is 14.6. The molecule has 0 aromatic heterocycles. The molecular formula is C39H32O7S. The van der Waals surface area contributed by atoms with Crippen LogP contribution in [0, 0.1) is 23.7 Å². The number of unbranched alkanes of at least 4 members (excludes halogenated alkanes) is 1. The summed E-state index contributed by atoms with van der Waals surface area (Å²) >= 11 is 1.73. The van der Waals surface area contributed by atoms with Crippen LogP contribution in [-0.4, -0.2) is 44.5 Å². The lowest BCUT2D eigenvalue weighted by Gasteiger charge is -2.09. The Morgan fingerprint density at radius 1 is 0.723 bits per heavy atom. The van der Waals surface area contributed by atoms with E-state index in [9.17, 15) is 14.4 Å². The highest BCUT2D eigenvalue weighted by Crippen LogP contribution is 2.23. The van der Waals surface area contributed by atoms with E-state index in [0.29, 0.717) is 17.7 Å². The number of thioether (sulfide) groups is 1. The summed E-state index contributed by atoms with van der Waals surface area (Å²) in [6.45, 7) is 3.78. The molecule has 4 aromatic carbocycles. The molecule has 0 atom stereocenters. The fourth-order valence-electron chi connectivity index (χ4n) is 4.04. The number of carbonyl (C=O) groups excluding carboxylic acids is 3. The largest absolute Gasteiger partial charge is 0.497 e. The molecule has 0 radical (unpaired) electrons. The van der Waals surface area contributed by atoms with Gasteiger partial charge in [-0.25, -0.2) is 14.4 Å². The van der Waals surface area contributed by atoms with Crippen LogP contribution in [0.4, 0.5) is 0 Å². The first kappa shape index (κ1) is 34.2. The maximum absolute atomic E-state index is 12.9. The highest BCUT2D eigenvalue weighted by Gasteiger charge is 2.18. The van der Waals surface area contributed by atoms with E-state index in [1.165, 1.54) is 25.3 Å². The third-order valence-corrected chi connectivity index (χ3v) is 7.67. The van der Waals surface area contributed by atoms with E-state index in [4.69, 9.17) is 18.9 Å². The summed E-state index contributed by atoms with van der Waals surface area (Å²) in [7, 11) is 2.85. The molecule has 8 heteroatoms. The summed E-state index contributed by atoms with van der Waals surface area (Å²) in [5.41, 5.74) is 3.30. The Morgan fingerprint density at radius 3 is 1.89 bits per heavy atom. The maximum Gasteiger partial charge on any atom is 0.343 e. The second-order valence-electron chi connectivity index (χ2n) is 9.85. The van der Waals surface area contributed by atoms with Crippen LogP contribution in [0.2, 0.25) is 0 Å². The Morgan fingerprint density at radius 2 is 1.30 bits per heavy atom. The van der Waals surface area contributed by atoms with Crippen molar-refractivity contribution in [3.8, 4) is 35.2 Å². The van der Waals surface area contributed by atoms with E-state index >= 15 is 0 Å². The van der Waals surface area contributed by atoms with E-state index in [1.54, 1.807) is 49.2 Å². The van der Waals surface area contributed by atoms with Gasteiger partial charge in [0.25, 0.3) is 0 Å². The molecule has 0 amide bonds. The van der Waals surface area contributed by atoms with Crippen molar-refractivity contribution < 1.29 is 33.3 Å². The standard InChI is InChI=1S/C39H32O7S/c1-4-37(40)45-25-5-6-26-47-34-22-15-30(16-23-34)8-7-28-11-18-32(19-12-28)38(41)46-36-24-17-31(27-35(36)39(42)44-3)10-9-29-13-20-33(43-2)21-14-29/h4,11-24,27H,1,5-6,25-26H2,2-3H3. The molecule has 0 fully saturated rings. The Balaban J connectivity index is 1.34. The van der Waals surface area contributed by atoms with Crippen LogP contribution in [0.1, 0.15) is 55.8 Å².